The second kappa shape index (κ2) is 8.45. The van der Waals surface area contributed by atoms with Crippen molar-refractivity contribution in [3.63, 3.8) is 0 Å². The molecule has 0 aliphatic carbocycles. The van der Waals surface area contributed by atoms with E-state index in [4.69, 9.17) is 4.74 Å². The number of ether oxygens (including phenoxy) is 1. The summed E-state index contributed by atoms with van der Waals surface area (Å²) < 4.78 is 35.1. The van der Waals surface area contributed by atoms with Crippen molar-refractivity contribution in [2.45, 2.75) is 44.6 Å². The lowest BCUT2D eigenvalue weighted by atomic mass is 10.0. The highest BCUT2D eigenvalue weighted by atomic mass is 32.2. The fraction of sp³-hybridized carbons (Fsp3) is 0.500. The Kier molecular flexibility index (Phi) is 6.20. The third kappa shape index (κ3) is 4.12. The van der Waals surface area contributed by atoms with E-state index in [9.17, 15) is 13.2 Å². The zero-order valence-corrected chi connectivity index (χ0v) is 17.4. The molecule has 152 valence electrons. The third-order valence-electron chi connectivity index (χ3n) is 4.90. The normalized spacial score (nSPS) is 18.4. The van der Waals surface area contributed by atoms with E-state index in [0.29, 0.717) is 31.7 Å². The van der Waals surface area contributed by atoms with Gasteiger partial charge in [0.05, 0.1) is 12.5 Å². The van der Waals surface area contributed by atoms with Gasteiger partial charge in [0, 0.05) is 30.9 Å². The summed E-state index contributed by atoms with van der Waals surface area (Å²) >= 11 is 0. The summed E-state index contributed by atoms with van der Waals surface area (Å²) in [5.41, 5.74) is 1.19. The van der Waals surface area contributed by atoms with Crippen LogP contribution >= 0.6 is 0 Å². The summed E-state index contributed by atoms with van der Waals surface area (Å²) in [6, 6.07) is 9.33. The molecular weight excluding hydrogens is 378 g/mol. The van der Waals surface area contributed by atoms with Crippen LogP contribution in [0, 0.1) is 5.92 Å². The highest BCUT2D eigenvalue weighted by Crippen LogP contribution is 2.31. The van der Waals surface area contributed by atoms with Crippen molar-refractivity contribution in [3.05, 3.63) is 36.5 Å². The molecule has 1 aromatic carbocycles. The molecule has 0 bridgehead atoms. The molecule has 1 fully saturated rings. The number of hydrogen-bond acceptors (Lipinski definition) is 5. The predicted molar refractivity (Wildman–Crippen MR) is 106 cm³/mol. The molecule has 0 N–H and O–H groups in total. The van der Waals surface area contributed by atoms with E-state index in [1.54, 1.807) is 17.8 Å². The monoisotopic (exact) mass is 405 g/mol. The van der Waals surface area contributed by atoms with Gasteiger partial charge in [-0.05, 0) is 33.6 Å². The zero-order chi connectivity index (χ0) is 20.3. The topological polar surface area (TPSA) is 81.5 Å². The van der Waals surface area contributed by atoms with Crippen LogP contribution in [-0.2, 0) is 19.6 Å². The maximum atomic E-state index is 13.5. The summed E-state index contributed by atoms with van der Waals surface area (Å²) in [5.74, 6) is -0.757. The maximum absolute atomic E-state index is 13.5. The van der Waals surface area contributed by atoms with E-state index in [-0.39, 0.29) is 23.5 Å². The number of rotatable bonds is 6. The van der Waals surface area contributed by atoms with E-state index < -0.39 is 15.9 Å². The van der Waals surface area contributed by atoms with Crippen molar-refractivity contribution < 1.29 is 17.9 Å². The molecule has 0 amide bonds. The number of piperidine rings is 1. The van der Waals surface area contributed by atoms with Crippen LogP contribution in [0.15, 0.2) is 41.4 Å². The van der Waals surface area contributed by atoms with Crippen LogP contribution in [0.2, 0.25) is 0 Å². The highest BCUT2D eigenvalue weighted by molar-refractivity contribution is 7.89. The number of hydrogen-bond donors (Lipinski definition) is 0. The predicted octanol–water partition coefficient (Wildman–Crippen LogP) is 3.09. The summed E-state index contributed by atoms with van der Waals surface area (Å²) in [4.78, 5) is 12.3. The molecule has 0 saturated carbocycles. The van der Waals surface area contributed by atoms with Crippen molar-refractivity contribution in [2.24, 2.45) is 5.92 Å². The van der Waals surface area contributed by atoms with Crippen molar-refractivity contribution in [1.29, 1.82) is 0 Å². The second-order valence-electron chi connectivity index (χ2n) is 7.24. The average Bonchev–Trinajstić information content (AvgIpc) is 3.16. The van der Waals surface area contributed by atoms with Crippen LogP contribution in [-0.4, -0.2) is 48.2 Å². The van der Waals surface area contributed by atoms with Crippen molar-refractivity contribution in [3.8, 4) is 11.3 Å². The van der Waals surface area contributed by atoms with Gasteiger partial charge in [-0.3, -0.25) is 9.48 Å². The van der Waals surface area contributed by atoms with Crippen LogP contribution in [0.5, 0.6) is 0 Å². The van der Waals surface area contributed by atoms with Gasteiger partial charge < -0.3 is 4.74 Å². The van der Waals surface area contributed by atoms with Gasteiger partial charge in [0.1, 0.15) is 10.6 Å². The minimum absolute atomic E-state index is 0.0278. The van der Waals surface area contributed by atoms with Crippen LogP contribution < -0.4 is 0 Å². The largest absolute Gasteiger partial charge is 0.466 e. The lowest BCUT2D eigenvalue weighted by Gasteiger charge is -2.30. The lowest BCUT2D eigenvalue weighted by Crippen LogP contribution is -2.42. The van der Waals surface area contributed by atoms with Crippen molar-refractivity contribution in [1.82, 2.24) is 14.1 Å². The van der Waals surface area contributed by atoms with E-state index in [2.05, 4.69) is 5.10 Å². The van der Waals surface area contributed by atoms with Gasteiger partial charge in [-0.25, -0.2) is 8.42 Å². The molecule has 0 spiro atoms. The maximum Gasteiger partial charge on any atom is 0.310 e. The number of aromatic nitrogens is 2. The minimum atomic E-state index is -3.79. The third-order valence-corrected chi connectivity index (χ3v) is 6.76. The van der Waals surface area contributed by atoms with Crippen LogP contribution in [0.1, 0.15) is 39.7 Å². The first-order valence-corrected chi connectivity index (χ1v) is 11.1. The quantitative estimate of drug-likeness (QED) is 0.690. The first-order valence-electron chi connectivity index (χ1n) is 9.66. The number of benzene rings is 1. The lowest BCUT2D eigenvalue weighted by molar-refractivity contribution is -0.149. The van der Waals surface area contributed by atoms with Crippen molar-refractivity contribution in [2.75, 3.05) is 19.7 Å². The smallest absolute Gasteiger partial charge is 0.310 e. The Morgan fingerprint density at radius 3 is 2.64 bits per heavy atom. The molecule has 1 atom stereocenters. The summed E-state index contributed by atoms with van der Waals surface area (Å²) in [7, 11) is -3.79. The SMILES string of the molecule is CCOC(=O)C1CCCN(S(=O)(=O)c2cn(C(C)C)nc2-c2ccccc2)C1. The zero-order valence-electron chi connectivity index (χ0n) is 16.5. The highest BCUT2D eigenvalue weighted by Gasteiger charge is 2.36. The number of carbonyl (C=O) groups is 1. The Hall–Kier alpha value is -2.19. The fourth-order valence-corrected chi connectivity index (χ4v) is 5.04. The van der Waals surface area contributed by atoms with Crippen molar-refractivity contribution >= 4 is 16.0 Å². The molecule has 0 radical (unpaired) electrons. The molecule has 3 rings (SSSR count). The molecule has 1 saturated heterocycles. The fourth-order valence-electron chi connectivity index (χ4n) is 3.38. The molecule has 2 heterocycles. The van der Waals surface area contributed by atoms with Gasteiger partial charge in [0.25, 0.3) is 0 Å². The van der Waals surface area contributed by atoms with Crippen LogP contribution in [0.4, 0.5) is 0 Å². The minimum Gasteiger partial charge on any atom is -0.466 e. The van der Waals surface area contributed by atoms with Gasteiger partial charge in [-0.1, -0.05) is 30.3 Å². The van der Waals surface area contributed by atoms with Gasteiger partial charge in [-0.2, -0.15) is 9.40 Å². The standard InChI is InChI=1S/C20H27N3O4S/c1-4-27-20(24)17-11-8-12-22(13-17)28(25,26)18-14-23(15(2)3)21-19(18)16-9-6-5-7-10-16/h5-7,9-10,14-15,17H,4,8,11-13H2,1-3H3. The number of carbonyl (C=O) groups excluding carboxylic acids is 1. The summed E-state index contributed by atoms with van der Waals surface area (Å²) in [6.45, 7) is 6.48. The second-order valence-corrected chi connectivity index (χ2v) is 9.14. The molecule has 1 aliphatic rings. The van der Waals surface area contributed by atoms with E-state index in [1.165, 1.54) is 4.31 Å². The Morgan fingerprint density at radius 2 is 2.00 bits per heavy atom. The van der Waals surface area contributed by atoms with Gasteiger partial charge in [0.15, 0.2) is 0 Å². The number of nitrogens with zero attached hydrogens (tertiary/aromatic N) is 3. The van der Waals surface area contributed by atoms with E-state index in [0.717, 1.165) is 5.56 Å². The number of sulfonamides is 1. The molecule has 8 heteroatoms. The van der Waals surface area contributed by atoms with Crippen LogP contribution in [0.3, 0.4) is 0 Å². The Bertz CT molecular complexity index is 922. The molecule has 1 unspecified atom stereocenters. The first-order chi connectivity index (χ1) is 13.3. The Balaban J connectivity index is 1.98. The first kappa shape index (κ1) is 20.5. The Morgan fingerprint density at radius 1 is 1.29 bits per heavy atom. The van der Waals surface area contributed by atoms with Gasteiger partial charge >= 0.3 is 5.97 Å². The molecule has 7 nitrogen and oxygen atoms in total. The molecule has 1 aliphatic heterocycles. The number of esters is 1. The average molecular weight is 406 g/mol. The van der Waals surface area contributed by atoms with Gasteiger partial charge in [-0.15, -0.1) is 0 Å². The Labute approximate surface area is 166 Å². The van der Waals surface area contributed by atoms with Crippen LogP contribution in [0.25, 0.3) is 11.3 Å². The molecule has 28 heavy (non-hydrogen) atoms. The van der Waals surface area contributed by atoms with E-state index >= 15 is 0 Å². The summed E-state index contributed by atoms with van der Waals surface area (Å²) in [6.07, 6.45) is 2.86. The van der Waals surface area contributed by atoms with Gasteiger partial charge in [0.2, 0.25) is 10.0 Å². The molecule has 1 aromatic heterocycles. The summed E-state index contributed by atoms with van der Waals surface area (Å²) in [5, 5.41) is 4.54. The van der Waals surface area contributed by atoms with E-state index in [1.807, 2.05) is 44.2 Å². The molecular formula is C20H27N3O4S. The molecule has 2 aromatic rings.